The average Bonchev–Trinajstić information content (AvgIpc) is 3.32. The molecule has 0 unspecified atom stereocenters. The number of anilines is 1. The highest BCUT2D eigenvalue weighted by Gasteiger charge is 2.54. The molecule has 0 bridgehead atoms. The van der Waals surface area contributed by atoms with Crippen LogP contribution < -0.4 is 4.90 Å². The zero-order valence-corrected chi connectivity index (χ0v) is 17.8. The third kappa shape index (κ3) is 3.99. The van der Waals surface area contributed by atoms with Gasteiger partial charge in [-0.25, -0.2) is 4.98 Å². The number of likely N-dealkylation sites (tertiary alicyclic amines) is 1. The van der Waals surface area contributed by atoms with Crippen LogP contribution in [0.15, 0.2) is 24.4 Å². The molecule has 4 rings (SSSR count). The van der Waals surface area contributed by atoms with Crippen LogP contribution in [0.3, 0.4) is 0 Å². The molecule has 1 aromatic rings. The second-order valence-electron chi connectivity index (χ2n) is 9.42. The number of rotatable bonds is 4. The number of aromatic nitrogens is 1. The Kier molecular flexibility index (Phi) is 5.79. The Morgan fingerprint density at radius 1 is 1.17 bits per heavy atom. The Morgan fingerprint density at radius 2 is 1.97 bits per heavy atom. The first-order chi connectivity index (χ1) is 14.0. The lowest BCUT2D eigenvalue weighted by Gasteiger charge is -2.34. The fourth-order valence-electron chi connectivity index (χ4n) is 5.76. The van der Waals surface area contributed by atoms with E-state index in [4.69, 9.17) is 0 Å². The maximum atomic E-state index is 13.4. The van der Waals surface area contributed by atoms with Gasteiger partial charge < -0.3 is 14.7 Å². The van der Waals surface area contributed by atoms with Crippen LogP contribution >= 0.6 is 0 Å². The Morgan fingerprint density at radius 3 is 2.66 bits per heavy atom. The van der Waals surface area contributed by atoms with E-state index in [0.29, 0.717) is 31.3 Å². The lowest BCUT2D eigenvalue weighted by molar-refractivity contribution is -0.142. The van der Waals surface area contributed by atoms with Crippen molar-refractivity contribution in [2.45, 2.75) is 44.9 Å². The molecule has 29 heavy (non-hydrogen) atoms. The van der Waals surface area contributed by atoms with E-state index in [-0.39, 0.29) is 11.8 Å². The number of pyridine rings is 1. The van der Waals surface area contributed by atoms with Crippen LogP contribution in [0.1, 0.15) is 44.9 Å². The van der Waals surface area contributed by atoms with E-state index in [1.54, 1.807) is 11.1 Å². The van der Waals surface area contributed by atoms with Crippen molar-refractivity contribution in [2.24, 2.45) is 17.3 Å². The second-order valence-corrected chi connectivity index (χ2v) is 9.42. The van der Waals surface area contributed by atoms with Crippen molar-refractivity contribution in [3.05, 3.63) is 24.4 Å². The number of amides is 2. The minimum Gasteiger partial charge on any atom is -0.355 e. The van der Waals surface area contributed by atoms with Crippen molar-refractivity contribution in [2.75, 3.05) is 45.2 Å². The van der Waals surface area contributed by atoms with E-state index in [2.05, 4.69) is 14.8 Å². The highest BCUT2D eigenvalue weighted by atomic mass is 16.2. The van der Waals surface area contributed by atoms with Crippen LogP contribution in [0.25, 0.3) is 0 Å². The molecule has 0 radical (unpaired) electrons. The number of carbonyl (C=O) groups is 2. The van der Waals surface area contributed by atoms with E-state index >= 15 is 0 Å². The van der Waals surface area contributed by atoms with Gasteiger partial charge in [-0.05, 0) is 43.7 Å². The minimum atomic E-state index is -0.427. The summed E-state index contributed by atoms with van der Waals surface area (Å²) in [6, 6.07) is 5.93. The average molecular weight is 399 g/mol. The summed E-state index contributed by atoms with van der Waals surface area (Å²) in [4.78, 5) is 37.0. The molecule has 2 amide bonds. The molecule has 158 valence electrons. The first kappa shape index (κ1) is 20.2. The number of hydrogen-bond donors (Lipinski definition) is 0. The third-order valence-corrected chi connectivity index (χ3v) is 7.28. The van der Waals surface area contributed by atoms with E-state index in [0.717, 1.165) is 31.7 Å². The summed E-state index contributed by atoms with van der Waals surface area (Å²) >= 11 is 0. The van der Waals surface area contributed by atoms with Crippen molar-refractivity contribution in [3.63, 3.8) is 0 Å². The molecule has 6 heteroatoms. The molecule has 1 aromatic heterocycles. The summed E-state index contributed by atoms with van der Waals surface area (Å²) in [5, 5.41) is 0. The fourth-order valence-corrected chi connectivity index (χ4v) is 5.76. The quantitative estimate of drug-likeness (QED) is 0.783. The largest absolute Gasteiger partial charge is 0.355 e. The van der Waals surface area contributed by atoms with Gasteiger partial charge in [-0.2, -0.15) is 0 Å². The van der Waals surface area contributed by atoms with E-state index in [1.165, 1.54) is 25.7 Å². The molecule has 0 aromatic carbocycles. The molecule has 3 heterocycles. The molecule has 2 saturated heterocycles. The topological polar surface area (TPSA) is 56.8 Å². The predicted octanol–water partition coefficient (Wildman–Crippen LogP) is 2.80. The molecule has 2 aliphatic heterocycles. The Labute approximate surface area is 174 Å². The van der Waals surface area contributed by atoms with Crippen LogP contribution in [0, 0.1) is 17.3 Å². The molecule has 1 aliphatic carbocycles. The summed E-state index contributed by atoms with van der Waals surface area (Å²) in [5.41, 5.74) is -0.427. The van der Waals surface area contributed by atoms with Crippen molar-refractivity contribution in [1.29, 1.82) is 0 Å². The van der Waals surface area contributed by atoms with E-state index in [9.17, 15) is 9.59 Å². The van der Waals surface area contributed by atoms with Gasteiger partial charge in [-0.1, -0.05) is 18.9 Å². The minimum absolute atomic E-state index is 0.148. The smallest absolute Gasteiger partial charge is 0.230 e. The summed E-state index contributed by atoms with van der Waals surface area (Å²) in [5.74, 6) is 2.13. The normalized spacial score (nSPS) is 27.6. The van der Waals surface area contributed by atoms with Gasteiger partial charge in [-0.3, -0.25) is 9.59 Å². The van der Waals surface area contributed by atoms with Crippen LogP contribution in [0.4, 0.5) is 5.82 Å². The predicted molar refractivity (Wildman–Crippen MR) is 113 cm³/mol. The molecule has 2 atom stereocenters. The lowest BCUT2D eigenvalue weighted by Crippen LogP contribution is -2.47. The molecule has 3 aliphatic rings. The first-order valence-corrected chi connectivity index (χ1v) is 11.1. The molecule has 6 nitrogen and oxygen atoms in total. The SMILES string of the molecule is CN(C)C(=O)[C@]12CCCN(C(=O)CC3CCCC3)C[C@H]1CN(c1ccccn1)C2. The molecule has 1 saturated carbocycles. The van der Waals surface area contributed by atoms with Crippen molar-refractivity contribution in [1.82, 2.24) is 14.8 Å². The van der Waals surface area contributed by atoms with Gasteiger partial charge in [0.2, 0.25) is 11.8 Å². The number of fused-ring (bicyclic) bond motifs is 1. The lowest BCUT2D eigenvalue weighted by atomic mass is 9.74. The highest BCUT2D eigenvalue weighted by molar-refractivity contribution is 5.85. The fraction of sp³-hybridized carbons (Fsp3) is 0.696. The van der Waals surface area contributed by atoms with E-state index < -0.39 is 5.41 Å². The third-order valence-electron chi connectivity index (χ3n) is 7.28. The molecular formula is C23H34N4O2. The summed E-state index contributed by atoms with van der Waals surface area (Å²) in [7, 11) is 3.71. The van der Waals surface area contributed by atoms with Crippen molar-refractivity contribution in [3.8, 4) is 0 Å². The van der Waals surface area contributed by atoms with Gasteiger partial charge in [0.05, 0.1) is 5.41 Å². The van der Waals surface area contributed by atoms with Crippen LogP contribution in [-0.2, 0) is 9.59 Å². The Hall–Kier alpha value is -2.11. The Bertz CT molecular complexity index is 732. The monoisotopic (exact) mass is 398 g/mol. The van der Waals surface area contributed by atoms with E-state index in [1.807, 2.05) is 32.3 Å². The zero-order valence-electron chi connectivity index (χ0n) is 17.8. The van der Waals surface area contributed by atoms with Gasteiger partial charge in [0.15, 0.2) is 0 Å². The summed E-state index contributed by atoms with van der Waals surface area (Å²) in [6.07, 6.45) is 9.14. The standard InChI is InChI=1S/C23H34N4O2/c1-25(2)22(29)23-11-7-13-26(21(28)14-18-8-3-4-9-18)15-19(23)16-27(17-23)20-10-5-6-12-24-20/h5-6,10,12,18-19H,3-4,7-9,11,13-17H2,1-2H3/t19-,23-/m0/s1. The maximum absolute atomic E-state index is 13.4. The maximum Gasteiger partial charge on any atom is 0.230 e. The van der Waals surface area contributed by atoms with Gasteiger partial charge in [-0.15, -0.1) is 0 Å². The molecule has 3 fully saturated rings. The van der Waals surface area contributed by atoms with Gasteiger partial charge >= 0.3 is 0 Å². The number of hydrogen-bond acceptors (Lipinski definition) is 4. The second kappa shape index (κ2) is 8.33. The van der Waals surface area contributed by atoms with Crippen LogP contribution in [0.5, 0.6) is 0 Å². The van der Waals surface area contributed by atoms with Gasteiger partial charge in [0.25, 0.3) is 0 Å². The Balaban J connectivity index is 1.55. The highest BCUT2D eigenvalue weighted by Crippen LogP contribution is 2.45. The zero-order chi connectivity index (χ0) is 20.4. The number of nitrogens with zero attached hydrogens (tertiary/aromatic N) is 4. The summed E-state index contributed by atoms with van der Waals surface area (Å²) < 4.78 is 0. The number of carbonyl (C=O) groups excluding carboxylic acids is 2. The first-order valence-electron chi connectivity index (χ1n) is 11.1. The van der Waals surface area contributed by atoms with Crippen LogP contribution in [-0.4, -0.2) is 66.9 Å². The molecule has 0 N–H and O–H groups in total. The van der Waals surface area contributed by atoms with Gasteiger partial charge in [0.1, 0.15) is 5.82 Å². The molecule has 0 spiro atoms. The van der Waals surface area contributed by atoms with Crippen LogP contribution in [0.2, 0.25) is 0 Å². The van der Waals surface area contributed by atoms with Gasteiger partial charge in [0, 0.05) is 58.8 Å². The van der Waals surface area contributed by atoms with Crippen molar-refractivity contribution < 1.29 is 9.59 Å². The summed E-state index contributed by atoms with van der Waals surface area (Å²) in [6.45, 7) is 2.95. The molecular weight excluding hydrogens is 364 g/mol. The van der Waals surface area contributed by atoms with Crippen molar-refractivity contribution >= 4 is 17.6 Å².